The van der Waals surface area contributed by atoms with Crippen LogP contribution in [0.5, 0.6) is 0 Å². The van der Waals surface area contributed by atoms with Gasteiger partial charge in [-0.1, -0.05) is 59.7 Å². The van der Waals surface area contributed by atoms with E-state index in [0.717, 1.165) is 0 Å². The van der Waals surface area contributed by atoms with E-state index in [0.29, 0.717) is 29.5 Å². The number of aromatic nitrogens is 1. The van der Waals surface area contributed by atoms with Gasteiger partial charge in [-0.2, -0.15) is 0 Å². The van der Waals surface area contributed by atoms with Crippen molar-refractivity contribution in [1.29, 1.82) is 0 Å². The van der Waals surface area contributed by atoms with Crippen LogP contribution in [-0.4, -0.2) is 38.6 Å². The minimum Gasteiger partial charge on any atom is -0.468 e. The smallest absolute Gasteiger partial charge is 0.320 e. The quantitative estimate of drug-likeness (QED) is 0.275. The second-order valence-electron chi connectivity index (χ2n) is 9.41. The van der Waals surface area contributed by atoms with Crippen molar-refractivity contribution < 1.29 is 19.1 Å². The van der Waals surface area contributed by atoms with Gasteiger partial charge in [0.2, 0.25) is 0 Å². The molecule has 1 aromatic heterocycles. The van der Waals surface area contributed by atoms with Crippen LogP contribution < -0.4 is 0 Å². The summed E-state index contributed by atoms with van der Waals surface area (Å²) in [7, 11) is 0.646. The highest BCUT2D eigenvalue weighted by molar-refractivity contribution is 6.82. The number of nitrogens with zero attached hydrogens (tertiary/aromatic N) is 1. The number of rotatable bonds is 9. The van der Waals surface area contributed by atoms with Crippen molar-refractivity contribution in [3.05, 3.63) is 35.5 Å². The molecule has 0 aliphatic heterocycles. The van der Waals surface area contributed by atoms with Crippen LogP contribution >= 0.6 is 0 Å². The summed E-state index contributed by atoms with van der Waals surface area (Å²) in [5, 5.41) is 1.22. The van der Waals surface area contributed by atoms with Crippen LogP contribution in [0.2, 0.25) is 16.6 Å². The lowest BCUT2D eigenvalue weighted by atomic mass is 9.98. The van der Waals surface area contributed by atoms with Crippen LogP contribution in [0.1, 0.15) is 59.2 Å². The van der Waals surface area contributed by atoms with Crippen LogP contribution in [0.4, 0.5) is 0 Å². The number of hydrogen-bond donors (Lipinski definition) is 0. The molecule has 0 atom stereocenters. The van der Waals surface area contributed by atoms with E-state index < -0.39 is 26.1 Å². The summed E-state index contributed by atoms with van der Waals surface area (Å²) in [5.74, 6) is -1.98. The highest BCUT2D eigenvalue weighted by Gasteiger charge is 2.47. The van der Waals surface area contributed by atoms with Gasteiger partial charge in [-0.3, -0.25) is 9.59 Å². The van der Waals surface area contributed by atoms with E-state index in [1.165, 1.54) is 36.4 Å². The second kappa shape index (κ2) is 10.0. The Labute approximate surface area is 188 Å². The predicted molar refractivity (Wildman–Crippen MR) is 129 cm³/mol. The SMILES string of the molecule is COC(=O)C(CCc1c(C)n([Si](C(C)C)(C(C)C)C(C)C)c2ccccc12)C(=O)OC. The summed E-state index contributed by atoms with van der Waals surface area (Å²) in [5.41, 5.74) is 5.43. The number of fused-ring (bicyclic) bond motifs is 1. The molecular weight excluding hydrogens is 406 g/mol. The van der Waals surface area contributed by atoms with Gasteiger partial charge in [0, 0.05) is 16.6 Å². The number of para-hydroxylation sites is 1. The number of carbonyl (C=O) groups is 2. The van der Waals surface area contributed by atoms with Gasteiger partial charge in [-0.05, 0) is 48.0 Å². The van der Waals surface area contributed by atoms with Gasteiger partial charge in [0.25, 0.3) is 0 Å². The highest BCUT2D eigenvalue weighted by Crippen LogP contribution is 2.46. The first-order chi connectivity index (χ1) is 14.5. The number of carbonyl (C=O) groups excluding carboxylic acids is 2. The number of hydrogen-bond acceptors (Lipinski definition) is 4. The standard InChI is InChI=1S/C25H39NO4Si/c1-16(2)31(17(3)4,18(5)6)26-19(7)20(21-12-10-11-13-23(21)26)14-15-22(24(27)29-8)25(28)30-9/h10-13,16-18,22H,14-15H2,1-9H3. The average Bonchev–Trinajstić information content (AvgIpc) is 2.99. The van der Waals surface area contributed by atoms with E-state index in [1.807, 2.05) is 0 Å². The molecule has 31 heavy (non-hydrogen) atoms. The lowest BCUT2D eigenvalue weighted by Gasteiger charge is -2.45. The van der Waals surface area contributed by atoms with Crippen LogP contribution in [0.3, 0.4) is 0 Å². The lowest BCUT2D eigenvalue weighted by molar-refractivity contribution is -0.159. The van der Waals surface area contributed by atoms with Crippen molar-refractivity contribution in [2.75, 3.05) is 14.2 Å². The summed E-state index contributed by atoms with van der Waals surface area (Å²) in [6, 6.07) is 8.56. The molecule has 0 unspecified atom stereocenters. The van der Waals surface area contributed by atoms with E-state index in [1.54, 1.807) is 0 Å². The van der Waals surface area contributed by atoms with Gasteiger partial charge >= 0.3 is 11.9 Å². The second-order valence-corrected chi connectivity index (χ2v) is 15.1. The molecule has 1 aromatic carbocycles. The minimum atomic E-state index is -1.97. The molecule has 0 saturated heterocycles. The van der Waals surface area contributed by atoms with E-state index in [4.69, 9.17) is 9.47 Å². The number of aryl methyl sites for hydroxylation is 1. The van der Waals surface area contributed by atoms with Crippen molar-refractivity contribution in [3.63, 3.8) is 0 Å². The molecule has 0 spiro atoms. The number of ether oxygens (including phenoxy) is 2. The first kappa shape index (κ1) is 25.2. The Bertz CT molecular complexity index is 891. The third-order valence-electron chi connectivity index (χ3n) is 7.06. The Morgan fingerprint density at radius 3 is 1.84 bits per heavy atom. The maximum atomic E-state index is 12.2. The van der Waals surface area contributed by atoms with E-state index in [9.17, 15) is 9.59 Å². The molecule has 0 amide bonds. The minimum absolute atomic E-state index is 0.369. The van der Waals surface area contributed by atoms with Crippen LogP contribution in [0, 0.1) is 12.8 Å². The monoisotopic (exact) mass is 445 g/mol. The zero-order valence-corrected chi connectivity index (χ0v) is 21.6. The summed E-state index contributed by atoms with van der Waals surface area (Å²) in [6.45, 7) is 16.4. The molecule has 2 rings (SSSR count). The molecule has 0 aliphatic carbocycles. The molecule has 2 aromatic rings. The molecule has 0 radical (unpaired) electrons. The normalized spacial score (nSPS) is 12.4. The predicted octanol–water partition coefficient (Wildman–Crippen LogP) is 5.87. The maximum absolute atomic E-state index is 12.2. The number of esters is 2. The molecule has 1 heterocycles. The largest absolute Gasteiger partial charge is 0.468 e. The van der Waals surface area contributed by atoms with Crippen molar-refractivity contribution in [3.8, 4) is 0 Å². The number of methoxy groups -OCH3 is 2. The molecule has 6 heteroatoms. The molecule has 0 aliphatic rings. The van der Waals surface area contributed by atoms with Gasteiger partial charge in [0.15, 0.2) is 14.2 Å². The third kappa shape index (κ3) is 4.32. The molecule has 5 nitrogen and oxygen atoms in total. The Morgan fingerprint density at radius 2 is 1.39 bits per heavy atom. The van der Waals surface area contributed by atoms with Crippen LogP contribution in [-0.2, 0) is 25.5 Å². The Balaban J connectivity index is 2.68. The number of benzene rings is 1. The summed E-state index contributed by atoms with van der Waals surface area (Å²) >= 11 is 0. The van der Waals surface area contributed by atoms with Crippen molar-refractivity contribution in [1.82, 2.24) is 4.23 Å². The Hall–Kier alpha value is -2.08. The first-order valence-electron chi connectivity index (χ1n) is 11.3. The molecular formula is C25H39NO4Si. The van der Waals surface area contributed by atoms with Crippen molar-refractivity contribution in [2.45, 2.75) is 77.9 Å². The third-order valence-corrected chi connectivity index (χ3v) is 14.0. The zero-order chi connectivity index (χ0) is 23.5. The lowest BCUT2D eigenvalue weighted by Crippen LogP contribution is -2.52. The molecule has 0 bridgehead atoms. The zero-order valence-electron chi connectivity index (χ0n) is 20.6. The molecule has 172 valence electrons. The molecule has 0 saturated carbocycles. The van der Waals surface area contributed by atoms with E-state index >= 15 is 0 Å². The molecule has 0 N–H and O–H groups in total. The summed E-state index contributed by atoms with van der Waals surface area (Å²) in [6.07, 6.45) is 0.987. The summed E-state index contributed by atoms with van der Waals surface area (Å²) in [4.78, 5) is 24.4. The van der Waals surface area contributed by atoms with Crippen LogP contribution in [0.15, 0.2) is 24.3 Å². The summed E-state index contributed by atoms with van der Waals surface area (Å²) < 4.78 is 12.4. The van der Waals surface area contributed by atoms with Gasteiger partial charge in [-0.15, -0.1) is 0 Å². The molecule has 0 fully saturated rings. The van der Waals surface area contributed by atoms with Gasteiger partial charge in [0.05, 0.1) is 14.2 Å². The van der Waals surface area contributed by atoms with Gasteiger partial charge in [-0.25, -0.2) is 0 Å². The van der Waals surface area contributed by atoms with Gasteiger partial charge in [0.1, 0.15) is 0 Å². The maximum Gasteiger partial charge on any atom is 0.320 e. The van der Waals surface area contributed by atoms with Gasteiger partial charge < -0.3 is 13.7 Å². The van der Waals surface area contributed by atoms with E-state index in [2.05, 4.69) is 77.0 Å². The first-order valence-corrected chi connectivity index (χ1v) is 13.5. The topological polar surface area (TPSA) is 57.5 Å². The van der Waals surface area contributed by atoms with Crippen molar-refractivity contribution in [2.24, 2.45) is 5.92 Å². The fraction of sp³-hybridized carbons (Fsp3) is 0.600. The van der Waals surface area contributed by atoms with Crippen molar-refractivity contribution >= 4 is 31.1 Å². The fourth-order valence-electron chi connectivity index (χ4n) is 5.93. The fourth-order valence-corrected chi connectivity index (χ4v) is 12.8. The highest BCUT2D eigenvalue weighted by atomic mass is 28.3. The van der Waals surface area contributed by atoms with E-state index in [-0.39, 0.29) is 0 Å². The Morgan fingerprint density at radius 1 is 0.903 bits per heavy atom. The van der Waals surface area contributed by atoms with Crippen LogP contribution in [0.25, 0.3) is 10.9 Å². The Kier molecular flexibility index (Phi) is 8.14. The average molecular weight is 446 g/mol.